The third-order valence-corrected chi connectivity index (χ3v) is 4.21. The van der Waals surface area contributed by atoms with Crippen LogP contribution in [-0.2, 0) is 9.84 Å². The number of ether oxygens (including phenoxy) is 1. The molecule has 0 aliphatic carbocycles. The van der Waals surface area contributed by atoms with Gasteiger partial charge in [-0.3, -0.25) is 0 Å². The summed E-state index contributed by atoms with van der Waals surface area (Å²) in [4.78, 5) is 0. The summed E-state index contributed by atoms with van der Waals surface area (Å²) >= 11 is 0. The van der Waals surface area contributed by atoms with Crippen LogP contribution in [0.2, 0.25) is 0 Å². The molecule has 3 nitrogen and oxygen atoms in total. The molecule has 0 unspecified atom stereocenters. The average molecular weight is 266 g/mol. The second-order valence-electron chi connectivity index (χ2n) is 4.30. The topological polar surface area (TPSA) is 43.4 Å². The highest BCUT2D eigenvalue weighted by Crippen LogP contribution is 2.25. The lowest BCUT2D eigenvalue weighted by Crippen LogP contribution is -2.17. The predicted molar refractivity (Wildman–Crippen MR) is 73.6 cm³/mol. The maximum absolute atomic E-state index is 11.4. The molecule has 0 atom stereocenters. The van der Waals surface area contributed by atoms with Crippen LogP contribution in [0.25, 0.3) is 0 Å². The molecule has 0 radical (unpaired) electrons. The molecule has 1 rings (SSSR count). The molecule has 98 valence electrons. The first-order chi connectivity index (χ1) is 8.37. The summed E-state index contributed by atoms with van der Waals surface area (Å²) in [5, 5.41) is 0. The molecule has 0 heterocycles. The van der Waals surface area contributed by atoms with Gasteiger partial charge in [-0.15, -0.1) is 6.42 Å². The Balaban J connectivity index is 2.71. The van der Waals surface area contributed by atoms with Gasteiger partial charge in [-0.2, -0.15) is 0 Å². The van der Waals surface area contributed by atoms with Crippen molar-refractivity contribution in [3.8, 4) is 18.1 Å². The second kappa shape index (κ2) is 5.92. The fourth-order valence-electron chi connectivity index (χ4n) is 1.62. The van der Waals surface area contributed by atoms with Crippen LogP contribution in [0.1, 0.15) is 16.7 Å². The van der Waals surface area contributed by atoms with Crippen LogP contribution in [-0.4, -0.2) is 26.5 Å². The number of sulfone groups is 1. The van der Waals surface area contributed by atoms with Gasteiger partial charge in [-0.1, -0.05) is 18.1 Å². The summed E-state index contributed by atoms with van der Waals surface area (Å²) in [6.45, 7) is 6.04. The molecule has 4 heteroatoms. The Hall–Kier alpha value is -1.47. The van der Waals surface area contributed by atoms with E-state index in [2.05, 4.69) is 5.92 Å². The quantitative estimate of drug-likeness (QED) is 0.766. The van der Waals surface area contributed by atoms with Gasteiger partial charge < -0.3 is 4.74 Å². The van der Waals surface area contributed by atoms with E-state index in [0.717, 1.165) is 22.4 Å². The summed E-state index contributed by atoms with van der Waals surface area (Å²) in [5.74, 6) is 2.63. The summed E-state index contributed by atoms with van der Waals surface area (Å²) < 4.78 is 28.5. The number of hydrogen-bond donors (Lipinski definition) is 0. The lowest BCUT2D eigenvalue weighted by atomic mass is 10.1. The van der Waals surface area contributed by atoms with Crippen molar-refractivity contribution in [1.82, 2.24) is 0 Å². The number of hydrogen-bond acceptors (Lipinski definition) is 3. The summed E-state index contributed by atoms with van der Waals surface area (Å²) in [5.41, 5.74) is 3.18. The fourth-order valence-corrected chi connectivity index (χ4v) is 2.35. The van der Waals surface area contributed by atoms with E-state index in [-0.39, 0.29) is 18.1 Å². The van der Waals surface area contributed by atoms with Crippen molar-refractivity contribution in [3.63, 3.8) is 0 Å². The number of benzene rings is 1. The van der Waals surface area contributed by atoms with Crippen molar-refractivity contribution in [1.29, 1.82) is 0 Å². The predicted octanol–water partition coefficient (Wildman–Crippen LogP) is 2.04. The van der Waals surface area contributed by atoms with Gasteiger partial charge in [0.25, 0.3) is 0 Å². The summed E-state index contributed by atoms with van der Waals surface area (Å²) in [7, 11) is -3.20. The highest BCUT2D eigenvalue weighted by Gasteiger charge is 2.11. The van der Waals surface area contributed by atoms with Crippen LogP contribution in [0.15, 0.2) is 12.1 Å². The van der Waals surface area contributed by atoms with E-state index < -0.39 is 9.84 Å². The van der Waals surface area contributed by atoms with Crippen molar-refractivity contribution in [3.05, 3.63) is 28.8 Å². The lowest BCUT2D eigenvalue weighted by Gasteiger charge is -2.13. The Morgan fingerprint density at radius 3 is 2.44 bits per heavy atom. The first kappa shape index (κ1) is 14.6. The summed E-state index contributed by atoms with van der Waals surface area (Å²) in [6.07, 6.45) is 5.00. The monoisotopic (exact) mass is 266 g/mol. The average Bonchev–Trinajstić information content (AvgIpc) is 2.28. The van der Waals surface area contributed by atoms with Crippen LogP contribution >= 0.6 is 0 Å². The molecule has 0 fully saturated rings. The minimum absolute atomic E-state index is 0.0516. The van der Waals surface area contributed by atoms with Crippen molar-refractivity contribution >= 4 is 9.84 Å². The molecule has 0 aliphatic rings. The lowest BCUT2D eigenvalue weighted by molar-refractivity contribution is 0.336. The zero-order valence-electron chi connectivity index (χ0n) is 11.0. The molecule has 1 aromatic rings. The molecule has 0 amide bonds. The molecule has 0 bridgehead atoms. The van der Waals surface area contributed by atoms with E-state index in [0.29, 0.717) is 0 Å². The van der Waals surface area contributed by atoms with Gasteiger partial charge in [-0.05, 0) is 37.5 Å². The maximum atomic E-state index is 11.4. The summed E-state index contributed by atoms with van der Waals surface area (Å²) in [6, 6.07) is 3.99. The van der Waals surface area contributed by atoms with E-state index in [1.807, 2.05) is 32.9 Å². The number of aryl methyl sites for hydroxylation is 2. The number of terminal acetylenes is 1. The molecule has 0 aromatic heterocycles. The Bertz CT molecular complexity index is 565. The van der Waals surface area contributed by atoms with Crippen molar-refractivity contribution in [2.45, 2.75) is 20.8 Å². The van der Waals surface area contributed by atoms with E-state index in [1.54, 1.807) is 0 Å². The molecule has 0 saturated heterocycles. The minimum Gasteiger partial charge on any atom is -0.492 e. The Morgan fingerprint density at radius 1 is 1.22 bits per heavy atom. The third-order valence-electron chi connectivity index (χ3n) is 2.82. The third kappa shape index (κ3) is 3.78. The Kier molecular flexibility index (Phi) is 4.80. The van der Waals surface area contributed by atoms with Gasteiger partial charge in [0.15, 0.2) is 9.84 Å². The number of rotatable bonds is 5. The van der Waals surface area contributed by atoms with Gasteiger partial charge in [0.2, 0.25) is 0 Å². The first-order valence-corrected chi connectivity index (χ1v) is 7.53. The standard InChI is InChI=1S/C14H18O3S/c1-5-9-18(15,16)10-8-17-14-12(3)7-6-11(2)13(14)4/h1,6-7H,8-10H2,2-4H3. The van der Waals surface area contributed by atoms with Crippen molar-refractivity contribution in [2.75, 3.05) is 18.1 Å². The normalized spacial score (nSPS) is 11.0. The van der Waals surface area contributed by atoms with Crippen LogP contribution < -0.4 is 4.74 Å². The second-order valence-corrected chi connectivity index (χ2v) is 6.48. The van der Waals surface area contributed by atoms with Crippen molar-refractivity contribution < 1.29 is 13.2 Å². The maximum Gasteiger partial charge on any atom is 0.164 e. The van der Waals surface area contributed by atoms with Crippen LogP contribution in [0.4, 0.5) is 0 Å². The zero-order chi connectivity index (χ0) is 13.8. The van der Waals surface area contributed by atoms with Gasteiger partial charge >= 0.3 is 0 Å². The van der Waals surface area contributed by atoms with E-state index in [9.17, 15) is 8.42 Å². The largest absolute Gasteiger partial charge is 0.492 e. The van der Waals surface area contributed by atoms with Crippen LogP contribution in [0.3, 0.4) is 0 Å². The molecule has 18 heavy (non-hydrogen) atoms. The molecule has 1 aromatic carbocycles. The Labute approximate surface area is 109 Å². The van der Waals surface area contributed by atoms with E-state index >= 15 is 0 Å². The van der Waals surface area contributed by atoms with E-state index in [4.69, 9.17) is 11.2 Å². The van der Waals surface area contributed by atoms with Crippen LogP contribution in [0.5, 0.6) is 5.75 Å². The molecular formula is C14H18O3S. The van der Waals surface area contributed by atoms with Gasteiger partial charge in [0, 0.05) is 0 Å². The fraction of sp³-hybridized carbons (Fsp3) is 0.429. The smallest absolute Gasteiger partial charge is 0.164 e. The molecule has 0 saturated carbocycles. The van der Waals surface area contributed by atoms with Gasteiger partial charge in [-0.25, -0.2) is 8.42 Å². The molecule has 0 aliphatic heterocycles. The van der Waals surface area contributed by atoms with Crippen molar-refractivity contribution in [2.24, 2.45) is 0 Å². The van der Waals surface area contributed by atoms with Gasteiger partial charge in [0.1, 0.15) is 18.1 Å². The first-order valence-electron chi connectivity index (χ1n) is 5.71. The molecular weight excluding hydrogens is 248 g/mol. The SMILES string of the molecule is C#CCS(=O)(=O)CCOc1c(C)ccc(C)c1C. The molecule has 0 spiro atoms. The highest BCUT2D eigenvalue weighted by molar-refractivity contribution is 7.91. The molecule has 0 N–H and O–H groups in total. The highest BCUT2D eigenvalue weighted by atomic mass is 32.2. The minimum atomic E-state index is -3.20. The van der Waals surface area contributed by atoms with E-state index in [1.165, 1.54) is 0 Å². The Morgan fingerprint density at radius 2 is 1.83 bits per heavy atom. The van der Waals surface area contributed by atoms with Crippen LogP contribution in [0, 0.1) is 33.1 Å². The van der Waals surface area contributed by atoms with Gasteiger partial charge in [0.05, 0.1) is 5.75 Å². The zero-order valence-corrected chi connectivity index (χ0v) is 11.8.